The lowest BCUT2D eigenvalue weighted by Gasteiger charge is -2.28. The number of carbonyl (C=O) groups is 1. The summed E-state index contributed by atoms with van der Waals surface area (Å²) in [4.78, 5) is 17.0. The molecule has 2 aromatic heterocycles. The molecule has 0 aliphatic carbocycles. The molecule has 0 saturated carbocycles. The zero-order valence-electron chi connectivity index (χ0n) is 17.4. The van der Waals surface area contributed by atoms with Crippen molar-refractivity contribution in [3.8, 4) is 22.8 Å². The zero-order chi connectivity index (χ0) is 21.4. The first-order chi connectivity index (χ1) is 15.1. The SMILES string of the molecule is Cc1cc(-c2cc(Oc3ccc4cnn(C)c4c3)ccn2)ccc1C(=O)NC1CNC1. The minimum Gasteiger partial charge on any atom is -0.457 e. The molecule has 1 fully saturated rings. The van der Waals surface area contributed by atoms with Crippen molar-refractivity contribution in [2.75, 3.05) is 13.1 Å². The average molecular weight is 413 g/mol. The van der Waals surface area contributed by atoms with Crippen LogP contribution >= 0.6 is 0 Å². The van der Waals surface area contributed by atoms with E-state index in [4.69, 9.17) is 4.74 Å². The topological polar surface area (TPSA) is 81.1 Å². The Labute approximate surface area is 180 Å². The van der Waals surface area contributed by atoms with Crippen molar-refractivity contribution < 1.29 is 9.53 Å². The summed E-state index contributed by atoms with van der Waals surface area (Å²) >= 11 is 0. The summed E-state index contributed by atoms with van der Waals surface area (Å²) in [7, 11) is 1.91. The summed E-state index contributed by atoms with van der Waals surface area (Å²) in [5, 5.41) is 11.5. The Kier molecular flexibility index (Phi) is 4.88. The van der Waals surface area contributed by atoms with Gasteiger partial charge in [0.25, 0.3) is 5.91 Å². The van der Waals surface area contributed by atoms with Gasteiger partial charge in [0.05, 0.1) is 23.4 Å². The van der Waals surface area contributed by atoms with E-state index in [1.54, 1.807) is 6.20 Å². The predicted molar refractivity (Wildman–Crippen MR) is 119 cm³/mol. The van der Waals surface area contributed by atoms with Gasteiger partial charge in [-0.15, -0.1) is 0 Å². The number of pyridine rings is 1. The highest BCUT2D eigenvalue weighted by atomic mass is 16.5. The smallest absolute Gasteiger partial charge is 0.251 e. The maximum absolute atomic E-state index is 12.5. The third kappa shape index (κ3) is 3.87. The van der Waals surface area contributed by atoms with Gasteiger partial charge in [0, 0.05) is 55.0 Å². The van der Waals surface area contributed by atoms with Crippen LogP contribution in [0.25, 0.3) is 22.2 Å². The van der Waals surface area contributed by atoms with Crippen molar-refractivity contribution >= 4 is 16.8 Å². The van der Waals surface area contributed by atoms with Crippen LogP contribution in [0.1, 0.15) is 15.9 Å². The predicted octanol–water partition coefficient (Wildman–Crippen LogP) is 3.44. The molecule has 4 aromatic rings. The fraction of sp³-hybridized carbons (Fsp3) is 0.208. The number of rotatable bonds is 5. The van der Waals surface area contributed by atoms with Crippen LogP contribution in [-0.2, 0) is 7.05 Å². The number of carbonyl (C=O) groups excluding carboxylic acids is 1. The maximum atomic E-state index is 12.5. The standard InChI is InChI=1S/C24H23N5O2/c1-15-9-16(4-6-21(15)24(30)28-18-13-25-14-18)22-10-20(7-8-26-22)31-19-5-3-17-12-27-29(2)23(17)11-19/h3-12,18,25H,13-14H2,1-2H3,(H,28,30). The lowest BCUT2D eigenvalue weighted by atomic mass is 10.0. The summed E-state index contributed by atoms with van der Waals surface area (Å²) in [5.74, 6) is 1.40. The molecule has 156 valence electrons. The molecule has 0 atom stereocenters. The third-order valence-corrected chi connectivity index (χ3v) is 5.57. The van der Waals surface area contributed by atoms with Gasteiger partial charge in [0.15, 0.2) is 0 Å². The minimum atomic E-state index is -0.0360. The molecule has 1 amide bonds. The highest BCUT2D eigenvalue weighted by Crippen LogP contribution is 2.28. The van der Waals surface area contributed by atoms with E-state index in [1.807, 2.05) is 73.4 Å². The molecule has 1 aliphatic rings. The quantitative estimate of drug-likeness (QED) is 0.524. The number of hydrogen-bond acceptors (Lipinski definition) is 5. The molecule has 7 nitrogen and oxygen atoms in total. The van der Waals surface area contributed by atoms with Crippen molar-refractivity contribution in [2.45, 2.75) is 13.0 Å². The Hall–Kier alpha value is -3.71. The number of ether oxygens (including phenoxy) is 1. The lowest BCUT2D eigenvalue weighted by Crippen LogP contribution is -2.57. The second-order valence-electron chi connectivity index (χ2n) is 7.83. The van der Waals surface area contributed by atoms with E-state index in [9.17, 15) is 4.79 Å². The van der Waals surface area contributed by atoms with Crippen LogP contribution in [0.4, 0.5) is 0 Å². The molecular formula is C24H23N5O2. The van der Waals surface area contributed by atoms with Crippen LogP contribution in [0.2, 0.25) is 0 Å². The van der Waals surface area contributed by atoms with Gasteiger partial charge in [-0.05, 0) is 42.8 Å². The molecule has 2 N–H and O–H groups in total. The number of nitrogens with one attached hydrogen (secondary N) is 2. The first-order valence-electron chi connectivity index (χ1n) is 10.2. The van der Waals surface area contributed by atoms with Gasteiger partial charge in [-0.1, -0.05) is 6.07 Å². The Morgan fingerprint density at radius 3 is 2.74 bits per heavy atom. The molecule has 1 aliphatic heterocycles. The molecule has 3 heterocycles. The summed E-state index contributed by atoms with van der Waals surface area (Å²) in [5.41, 5.74) is 4.34. The number of hydrogen-bond donors (Lipinski definition) is 2. The second-order valence-corrected chi connectivity index (χ2v) is 7.83. The minimum absolute atomic E-state index is 0.0360. The molecule has 0 bridgehead atoms. The first-order valence-corrected chi connectivity index (χ1v) is 10.2. The summed E-state index contributed by atoms with van der Waals surface area (Å²) in [6.07, 6.45) is 3.56. The molecule has 1 saturated heterocycles. The van der Waals surface area contributed by atoms with E-state index < -0.39 is 0 Å². The molecule has 0 spiro atoms. The van der Waals surface area contributed by atoms with Crippen LogP contribution in [-0.4, -0.2) is 39.8 Å². The maximum Gasteiger partial charge on any atom is 0.251 e. The fourth-order valence-corrected chi connectivity index (χ4v) is 3.69. The van der Waals surface area contributed by atoms with E-state index in [0.29, 0.717) is 11.3 Å². The van der Waals surface area contributed by atoms with Crippen molar-refractivity contribution in [2.24, 2.45) is 7.05 Å². The summed E-state index contributed by atoms with van der Waals surface area (Å²) < 4.78 is 7.90. The van der Waals surface area contributed by atoms with Crippen LogP contribution in [0.3, 0.4) is 0 Å². The van der Waals surface area contributed by atoms with Crippen molar-refractivity contribution in [1.82, 2.24) is 25.4 Å². The second kappa shape index (κ2) is 7.85. The Balaban J connectivity index is 1.37. The number of fused-ring (bicyclic) bond motifs is 1. The van der Waals surface area contributed by atoms with E-state index in [0.717, 1.165) is 46.6 Å². The Morgan fingerprint density at radius 1 is 1.13 bits per heavy atom. The number of aryl methyl sites for hydroxylation is 2. The molecule has 2 aromatic carbocycles. The van der Waals surface area contributed by atoms with E-state index in [2.05, 4.69) is 20.7 Å². The van der Waals surface area contributed by atoms with Gasteiger partial charge in [-0.2, -0.15) is 5.10 Å². The van der Waals surface area contributed by atoms with Crippen LogP contribution in [0.5, 0.6) is 11.5 Å². The zero-order valence-corrected chi connectivity index (χ0v) is 17.4. The third-order valence-electron chi connectivity index (χ3n) is 5.57. The largest absolute Gasteiger partial charge is 0.457 e. The Bertz CT molecular complexity index is 1280. The number of aromatic nitrogens is 3. The van der Waals surface area contributed by atoms with Gasteiger partial charge in [-0.3, -0.25) is 14.5 Å². The normalized spacial score (nSPS) is 13.7. The van der Waals surface area contributed by atoms with Crippen molar-refractivity contribution in [3.63, 3.8) is 0 Å². The molecule has 0 radical (unpaired) electrons. The molecule has 31 heavy (non-hydrogen) atoms. The molecule has 7 heteroatoms. The summed E-state index contributed by atoms with van der Waals surface area (Å²) in [6, 6.07) is 15.6. The lowest BCUT2D eigenvalue weighted by molar-refractivity contribution is 0.0923. The van der Waals surface area contributed by atoms with Gasteiger partial charge in [-0.25, -0.2) is 0 Å². The van der Waals surface area contributed by atoms with E-state index in [-0.39, 0.29) is 11.9 Å². The number of nitrogens with zero attached hydrogens (tertiary/aromatic N) is 3. The van der Waals surface area contributed by atoms with Crippen LogP contribution in [0.15, 0.2) is 60.9 Å². The summed E-state index contributed by atoms with van der Waals surface area (Å²) in [6.45, 7) is 3.60. The highest BCUT2D eigenvalue weighted by molar-refractivity contribution is 5.96. The van der Waals surface area contributed by atoms with Gasteiger partial charge >= 0.3 is 0 Å². The van der Waals surface area contributed by atoms with Crippen LogP contribution in [0, 0.1) is 6.92 Å². The number of amides is 1. The van der Waals surface area contributed by atoms with Gasteiger partial charge in [0.1, 0.15) is 11.5 Å². The monoisotopic (exact) mass is 413 g/mol. The van der Waals surface area contributed by atoms with Gasteiger partial charge in [0.2, 0.25) is 0 Å². The first kappa shape index (κ1) is 19.3. The van der Waals surface area contributed by atoms with Crippen molar-refractivity contribution in [3.05, 3.63) is 72.1 Å². The molecule has 0 unspecified atom stereocenters. The fourth-order valence-electron chi connectivity index (χ4n) is 3.69. The molecular weight excluding hydrogens is 390 g/mol. The Morgan fingerprint density at radius 2 is 1.97 bits per heavy atom. The average Bonchev–Trinajstić information content (AvgIpc) is 3.11. The van der Waals surface area contributed by atoms with E-state index in [1.165, 1.54) is 0 Å². The number of benzene rings is 2. The van der Waals surface area contributed by atoms with Crippen molar-refractivity contribution in [1.29, 1.82) is 0 Å². The van der Waals surface area contributed by atoms with Gasteiger partial charge < -0.3 is 15.4 Å². The highest BCUT2D eigenvalue weighted by Gasteiger charge is 2.20. The van der Waals surface area contributed by atoms with Crippen LogP contribution < -0.4 is 15.4 Å². The molecule has 5 rings (SSSR count). The van der Waals surface area contributed by atoms with E-state index >= 15 is 0 Å².